The van der Waals surface area contributed by atoms with Crippen LogP contribution in [-0.4, -0.2) is 32.5 Å². The van der Waals surface area contributed by atoms with E-state index in [-0.39, 0.29) is 5.91 Å². The van der Waals surface area contributed by atoms with Crippen molar-refractivity contribution in [2.45, 2.75) is 0 Å². The summed E-state index contributed by atoms with van der Waals surface area (Å²) in [4.78, 5) is 21.9. The monoisotopic (exact) mass is 268 g/mol. The average Bonchev–Trinajstić information content (AvgIpc) is 2.90. The van der Waals surface area contributed by atoms with Crippen molar-refractivity contribution in [1.82, 2.24) is 19.6 Å². The van der Waals surface area contributed by atoms with E-state index in [2.05, 4.69) is 15.1 Å². The van der Waals surface area contributed by atoms with Gasteiger partial charge in [-0.15, -0.1) is 0 Å². The topological polar surface area (TPSA) is 89.4 Å². The number of carbonyl (C=O) groups is 1. The molecule has 100 valence electrons. The van der Waals surface area contributed by atoms with Gasteiger partial charge in [-0.3, -0.25) is 14.8 Å². The zero-order valence-corrected chi connectivity index (χ0v) is 10.8. The van der Waals surface area contributed by atoms with Crippen LogP contribution in [0.15, 0.2) is 43.2 Å². The first-order valence-electron chi connectivity index (χ1n) is 5.93. The van der Waals surface area contributed by atoms with E-state index in [1.54, 1.807) is 42.4 Å². The normalized spacial score (nSPS) is 10.7. The molecule has 0 aliphatic carbocycles. The highest BCUT2D eigenvalue weighted by Gasteiger charge is 2.19. The minimum atomic E-state index is -0.203. The molecule has 0 saturated carbocycles. The maximum atomic E-state index is 12.5. The van der Waals surface area contributed by atoms with Crippen LogP contribution in [0.4, 0.5) is 11.4 Å². The van der Waals surface area contributed by atoms with Crippen LogP contribution in [0.1, 0.15) is 10.4 Å². The molecule has 0 bridgehead atoms. The average molecular weight is 268 g/mol. The van der Waals surface area contributed by atoms with Gasteiger partial charge >= 0.3 is 0 Å². The molecule has 0 unspecified atom stereocenters. The molecule has 0 aliphatic heterocycles. The molecule has 0 aliphatic rings. The molecule has 3 aromatic rings. The van der Waals surface area contributed by atoms with Crippen LogP contribution in [-0.2, 0) is 0 Å². The van der Waals surface area contributed by atoms with Gasteiger partial charge in [0.05, 0.1) is 41.0 Å². The molecule has 0 aromatic carbocycles. The molecule has 0 radical (unpaired) electrons. The van der Waals surface area contributed by atoms with Gasteiger partial charge in [-0.1, -0.05) is 0 Å². The van der Waals surface area contributed by atoms with Crippen LogP contribution < -0.4 is 10.6 Å². The number of carbonyl (C=O) groups excluding carboxylic acids is 1. The lowest BCUT2D eigenvalue weighted by atomic mass is 10.2. The highest BCUT2D eigenvalue weighted by Crippen LogP contribution is 2.22. The number of hydrogen-bond donors (Lipinski definition) is 1. The lowest BCUT2D eigenvalue weighted by molar-refractivity contribution is 0.0994. The predicted octanol–water partition coefficient (Wildman–Crippen LogP) is 0.983. The van der Waals surface area contributed by atoms with E-state index in [9.17, 15) is 4.79 Å². The van der Waals surface area contributed by atoms with E-state index >= 15 is 0 Å². The summed E-state index contributed by atoms with van der Waals surface area (Å²) in [5, 5.41) is 4.12. The van der Waals surface area contributed by atoms with Gasteiger partial charge in [-0.25, -0.2) is 4.52 Å². The molecule has 0 spiro atoms. The Morgan fingerprint density at radius 1 is 1.25 bits per heavy atom. The Hall–Kier alpha value is -2.96. The van der Waals surface area contributed by atoms with Gasteiger partial charge in [0.1, 0.15) is 0 Å². The maximum Gasteiger partial charge on any atom is 0.261 e. The fraction of sp³-hybridized carbons (Fsp3) is 0.0769. The molecule has 0 atom stereocenters. The van der Waals surface area contributed by atoms with E-state index in [1.165, 1.54) is 17.3 Å². The van der Waals surface area contributed by atoms with Crippen molar-refractivity contribution in [2.24, 2.45) is 0 Å². The summed E-state index contributed by atoms with van der Waals surface area (Å²) < 4.78 is 1.60. The number of nitrogens with zero attached hydrogens (tertiary/aromatic N) is 5. The molecular formula is C13H12N6O. The summed E-state index contributed by atoms with van der Waals surface area (Å²) >= 11 is 0. The minimum Gasteiger partial charge on any atom is -0.396 e. The Labute approximate surface area is 114 Å². The molecule has 20 heavy (non-hydrogen) atoms. The number of pyridine rings is 1. The predicted molar refractivity (Wildman–Crippen MR) is 74.4 cm³/mol. The van der Waals surface area contributed by atoms with Crippen molar-refractivity contribution in [3.63, 3.8) is 0 Å². The van der Waals surface area contributed by atoms with Gasteiger partial charge in [0.15, 0.2) is 0 Å². The second kappa shape index (κ2) is 4.61. The maximum absolute atomic E-state index is 12.5. The van der Waals surface area contributed by atoms with Gasteiger partial charge in [0.25, 0.3) is 5.91 Å². The Balaban J connectivity index is 2.03. The second-order valence-corrected chi connectivity index (χ2v) is 4.26. The molecule has 3 aromatic heterocycles. The van der Waals surface area contributed by atoms with Crippen LogP contribution in [0.3, 0.4) is 0 Å². The van der Waals surface area contributed by atoms with E-state index in [0.717, 1.165) is 0 Å². The van der Waals surface area contributed by atoms with Gasteiger partial charge in [0, 0.05) is 25.6 Å². The van der Waals surface area contributed by atoms with Gasteiger partial charge in [0.2, 0.25) is 0 Å². The molecule has 0 fully saturated rings. The number of hydrogen-bond acceptors (Lipinski definition) is 5. The zero-order valence-electron chi connectivity index (χ0n) is 10.8. The molecule has 0 saturated heterocycles. The SMILES string of the molecule is CN(C(=O)c1cnn2ccncc12)c1ccncc1N. The van der Waals surface area contributed by atoms with Crippen LogP contribution in [0.2, 0.25) is 0 Å². The molecule has 3 heterocycles. The first-order valence-corrected chi connectivity index (χ1v) is 5.93. The Kier molecular flexibility index (Phi) is 2.79. The number of nitrogens with two attached hydrogens (primary N) is 1. The Morgan fingerprint density at radius 3 is 2.85 bits per heavy atom. The fourth-order valence-corrected chi connectivity index (χ4v) is 1.99. The largest absolute Gasteiger partial charge is 0.396 e. The molecule has 2 N–H and O–H groups in total. The zero-order chi connectivity index (χ0) is 14.1. The number of anilines is 2. The number of aromatic nitrogens is 4. The Morgan fingerprint density at radius 2 is 2.05 bits per heavy atom. The molecule has 3 rings (SSSR count). The van der Waals surface area contributed by atoms with Crippen LogP contribution in [0, 0.1) is 0 Å². The van der Waals surface area contributed by atoms with E-state index < -0.39 is 0 Å². The molecular weight excluding hydrogens is 256 g/mol. The third-order valence-electron chi connectivity index (χ3n) is 3.05. The van der Waals surface area contributed by atoms with E-state index in [4.69, 9.17) is 5.73 Å². The summed E-state index contributed by atoms with van der Waals surface area (Å²) in [5.41, 5.74) is 8.00. The number of amides is 1. The standard InChI is InChI=1S/C13H12N6O/c1-18(11-2-3-15-7-10(11)14)13(20)9-6-17-19-5-4-16-8-12(9)19/h2-8H,14H2,1H3. The summed E-state index contributed by atoms with van der Waals surface area (Å²) in [5.74, 6) is -0.203. The first kappa shape index (κ1) is 12.1. The summed E-state index contributed by atoms with van der Waals surface area (Å²) in [6.07, 6.45) is 9.52. The highest BCUT2D eigenvalue weighted by molar-refractivity contribution is 6.10. The minimum absolute atomic E-state index is 0.203. The molecule has 1 amide bonds. The number of fused-ring (bicyclic) bond motifs is 1. The van der Waals surface area contributed by atoms with Gasteiger partial charge < -0.3 is 10.6 Å². The van der Waals surface area contributed by atoms with E-state index in [0.29, 0.717) is 22.5 Å². The van der Waals surface area contributed by atoms with Crippen LogP contribution in [0.5, 0.6) is 0 Å². The first-order chi connectivity index (χ1) is 9.68. The highest BCUT2D eigenvalue weighted by atomic mass is 16.2. The lowest BCUT2D eigenvalue weighted by Crippen LogP contribution is -2.27. The van der Waals surface area contributed by atoms with Crippen molar-refractivity contribution in [2.75, 3.05) is 17.7 Å². The second-order valence-electron chi connectivity index (χ2n) is 4.26. The van der Waals surface area contributed by atoms with Crippen molar-refractivity contribution in [3.05, 3.63) is 48.8 Å². The van der Waals surface area contributed by atoms with Crippen LogP contribution >= 0.6 is 0 Å². The van der Waals surface area contributed by atoms with Gasteiger partial charge in [-0.2, -0.15) is 5.10 Å². The van der Waals surface area contributed by atoms with Crippen LogP contribution in [0.25, 0.3) is 5.52 Å². The molecule has 7 heteroatoms. The number of nitrogen functional groups attached to an aromatic ring is 1. The third kappa shape index (κ3) is 1.85. The summed E-state index contributed by atoms with van der Waals surface area (Å²) in [6.45, 7) is 0. The number of rotatable bonds is 2. The van der Waals surface area contributed by atoms with Crippen molar-refractivity contribution in [1.29, 1.82) is 0 Å². The van der Waals surface area contributed by atoms with Crippen molar-refractivity contribution in [3.8, 4) is 0 Å². The van der Waals surface area contributed by atoms with Crippen molar-refractivity contribution < 1.29 is 4.79 Å². The third-order valence-corrected chi connectivity index (χ3v) is 3.05. The summed E-state index contributed by atoms with van der Waals surface area (Å²) in [7, 11) is 1.66. The Bertz CT molecular complexity index is 781. The summed E-state index contributed by atoms with van der Waals surface area (Å²) in [6, 6.07) is 1.69. The molecule has 7 nitrogen and oxygen atoms in total. The quantitative estimate of drug-likeness (QED) is 0.748. The van der Waals surface area contributed by atoms with E-state index in [1.807, 2.05) is 0 Å². The van der Waals surface area contributed by atoms with Crippen molar-refractivity contribution >= 4 is 22.8 Å². The van der Waals surface area contributed by atoms with Gasteiger partial charge in [-0.05, 0) is 6.07 Å². The fourth-order valence-electron chi connectivity index (χ4n) is 1.99. The lowest BCUT2D eigenvalue weighted by Gasteiger charge is -2.18. The smallest absolute Gasteiger partial charge is 0.261 e.